The minimum Gasteiger partial charge on any atom is -0.394 e. The van der Waals surface area contributed by atoms with E-state index in [1.54, 1.807) is 6.08 Å². The summed E-state index contributed by atoms with van der Waals surface area (Å²) in [5.41, 5.74) is 0. The molecule has 0 bridgehead atoms. The second-order valence-corrected chi connectivity index (χ2v) is 32.4. The number of hydrogen-bond acceptors (Lipinski definition) is 18. The second-order valence-electron chi connectivity index (χ2n) is 32.4. The standard InChI is InChI=1S/C100H167NO18/c1-3-5-7-9-11-13-15-17-19-21-23-25-27-29-31-33-35-37-38-39-40-41-42-43-44-46-48-50-52-54-56-58-60-62-64-66-68-70-72-74-76-78-88(106)101-83(84(105)77-75-73-71-69-67-65-63-61-59-57-55-53-51-49-47-45-36-34-32-30-28-26-24-22-20-18-16-14-12-10-8-6-4-2)82-114-98-94(112)91(109)96(86(80-103)116-98)119-100-95(113)92(110)97(87(81-104)117-100)118-99-93(111)90(108)89(107)85(79-102)115-99/h5,7,11,13,17,19,23,25,29,31,35,37,39-40,42-43,46,48,52,54,58-61,67,69,75,77,83-87,89-100,102-105,107-113H,3-4,6,8-10,12,14-16,18,20-22,24,26-28,30,32-34,36,38,41,44-45,47,49-51,53,55-57,62-66,68,70-74,76,78-82H2,1-2H3,(H,101,106)/b7-5-,13-11-,19-17-,25-23-,31-29-,37-35-,40-39-,43-42-,48-46-,54-52-,60-58-,61-59+,69-67+,77-75+. The van der Waals surface area contributed by atoms with Crippen molar-refractivity contribution in [3.8, 4) is 0 Å². The van der Waals surface area contributed by atoms with Crippen molar-refractivity contribution in [3.63, 3.8) is 0 Å². The van der Waals surface area contributed by atoms with Crippen LogP contribution < -0.4 is 5.32 Å². The zero-order valence-corrected chi connectivity index (χ0v) is 73.5. The van der Waals surface area contributed by atoms with Gasteiger partial charge >= 0.3 is 0 Å². The van der Waals surface area contributed by atoms with Crippen LogP contribution in [0.3, 0.4) is 0 Å². The summed E-state index contributed by atoms with van der Waals surface area (Å²) in [5, 5.41) is 121. The number of nitrogens with one attached hydrogen (secondary N) is 1. The zero-order valence-electron chi connectivity index (χ0n) is 73.5. The van der Waals surface area contributed by atoms with E-state index in [1.807, 2.05) is 6.08 Å². The first-order valence-corrected chi connectivity index (χ1v) is 46.9. The Hall–Kier alpha value is -4.85. The van der Waals surface area contributed by atoms with Crippen molar-refractivity contribution in [2.75, 3.05) is 26.4 Å². The van der Waals surface area contributed by atoms with E-state index in [0.29, 0.717) is 12.8 Å². The van der Waals surface area contributed by atoms with Gasteiger partial charge in [-0.1, -0.05) is 357 Å². The average Bonchev–Trinajstić information content (AvgIpc) is 0.778. The van der Waals surface area contributed by atoms with Gasteiger partial charge in [-0.3, -0.25) is 4.79 Å². The first-order valence-electron chi connectivity index (χ1n) is 46.9. The molecule has 0 aliphatic carbocycles. The predicted molar refractivity (Wildman–Crippen MR) is 484 cm³/mol. The van der Waals surface area contributed by atoms with Crippen LogP contribution in [0.25, 0.3) is 0 Å². The number of hydrogen-bond donors (Lipinski definition) is 12. The topological polar surface area (TPSA) is 307 Å². The third-order valence-electron chi connectivity index (χ3n) is 22.0. The van der Waals surface area contributed by atoms with Crippen molar-refractivity contribution in [1.82, 2.24) is 5.32 Å². The van der Waals surface area contributed by atoms with E-state index < -0.39 is 124 Å². The summed E-state index contributed by atoms with van der Waals surface area (Å²) in [7, 11) is 0. The van der Waals surface area contributed by atoms with E-state index in [9.17, 15) is 61.0 Å². The van der Waals surface area contributed by atoms with Gasteiger partial charge in [-0.25, -0.2) is 0 Å². The summed E-state index contributed by atoms with van der Waals surface area (Å²) in [6.45, 7) is 1.61. The van der Waals surface area contributed by atoms with Crippen LogP contribution in [-0.4, -0.2) is 193 Å². The summed E-state index contributed by atoms with van der Waals surface area (Å²) in [6, 6.07) is -1.02. The fourth-order valence-corrected chi connectivity index (χ4v) is 14.6. The molecular formula is C100H167NO18. The lowest BCUT2D eigenvalue weighted by molar-refractivity contribution is -0.379. The number of unbranched alkanes of at least 4 members (excludes halogenated alkanes) is 32. The maximum atomic E-state index is 13.5. The lowest BCUT2D eigenvalue weighted by Crippen LogP contribution is -2.66. The van der Waals surface area contributed by atoms with Gasteiger partial charge in [0, 0.05) is 6.42 Å². The van der Waals surface area contributed by atoms with Crippen molar-refractivity contribution in [2.45, 2.75) is 426 Å². The Balaban J connectivity index is 1.35. The van der Waals surface area contributed by atoms with Crippen LogP contribution in [0.1, 0.15) is 322 Å². The van der Waals surface area contributed by atoms with Crippen molar-refractivity contribution < 1.29 is 89.4 Å². The number of rotatable bonds is 74. The Morgan fingerprint density at radius 3 is 0.941 bits per heavy atom. The fraction of sp³-hybridized carbons (Fsp3) is 0.710. The number of allylic oxidation sites excluding steroid dienone is 27. The first kappa shape index (κ1) is 108. The highest BCUT2D eigenvalue weighted by Gasteiger charge is 2.54. The molecule has 680 valence electrons. The van der Waals surface area contributed by atoms with E-state index in [0.717, 1.165) is 141 Å². The molecule has 3 heterocycles. The van der Waals surface area contributed by atoms with Crippen LogP contribution >= 0.6 is 0 Å². The SMILES string of the molecule is CC/C=C\C/C=C\C/C=C\C/C=C\C/C=C\C/C=C\C/C=C\C/C=C\C/C=C\C/C=C\C/C=C\CCCCCCCCCC(=O)NC(COC1OC(CO)C(OC2OC(CO)C(OC3OC(CO)C(O)C(O)C3O)C(O)C2O)C(O)C1O)C(O)/C=C/CC/C=C/CC/C=C/CCCCCCCCCCCCCCCCCCCCCCCCC. The summed E-state index contributed by atoms with van der Waals surface area (Å²) in [6.07, 6.45) is 89.3. The van der Waals surface area contributed by atoms with Gasteiger partial charge in [0.05, 0.1) is 38.6 Å². The molecule has 1 amide bonds. The highest BCUT2D eigenvalue weighted by molar-refractivity contribution is 5.76. The molecule has 0 radical (unpaired) electrons. The molecule has 3 fully saturated rings. The van der Waals surface area contributed by atoms with Gasteiger partial charge in [-0.2, -0.15) is 0 Å². The summed E-state index contributed by atoms with van der Waals surface area (Å²) in [4.78, 5) is 13.5. The van der Waals surface area contributed by atoms with Crippen LogP contribution in [0.5, 0.6) is 0 Å². The molecular weight excluding hydrogens is 1500 g/mol. The predicted octanol–water partition coefficient (Wildman–Crippen LogP) is 18.8. The normalized spacial score (nSPS) is 25.0. The lowest BCUT2D eigenvalue weighted by Gasteiger charge is -2.48. The molecule has 119 heavy (non-hydrogen) atoms. The van der Waals surface area contributed by atoms with E-state index >= 15 is 0 Å². The minimum atomic E-state index is -1.99. The molecule has 19 heteroatoms. The third-order valence-corrected chi connectivity index (χ3v) is 22.0. The van der Waals surface area contributed by atoms with Gasteiger partial charge in [0.2, 0.25) is 5.91 Å². The van der Waals surface area contributed by atoms with Gasteiger partial charge in [0.1, 0.15) is 73.2 Å². The van der Waals surface area contributed by atoms with E-state index in [-0.39, 0.29) is 18.9 Å². The Kier molecular flexibility index (Phi) is 69.9. The smallest absolute Gasteiger partial charge is 0.220 e. The molecule has 0 spiro atoms. The summed E-state index contributed by atoms with van der Waals surface area (Å²) >= 11 is 0. The number of carbonyl (C=O) groups excluding carboxylic acids is 1. The maximum Gasteiger partial charge on any atom is 0.220 e. The van der Waals surface area contributed by atoms with Crippen LogP contribution in [-0.2, 0) is 33.2 Å². The molecule has 3 aliphatic heterocycles. The molecule has 3 aliphatic rings. The van der Waals surface area contributed by atoms with E-state index in [2.05, 4.69) is 177 Å². The second kappa shape index (κ2) is 76.8. The van der Waals surface area contributed by atoms with Gasteiger partial charge in [0.25, 0.3) is 0 Å². The number of carbonyl (C=O) groups is 1. The van der Waals surface area contributed by atoms with Gasteiger partial charge < -0.3 is 89.9 Å². The van der Waals surface area contributed by atoms with Crippen LogP contribution in [0, 0.1) is 0 Å². The van der Waals surface area contributed by atoms with Gasteiger partial charge in [-0.15, -0.1) is 0 Å². The van der Waals surface area contributed by atoms with Crippen molar-refractivity contribution in [3.05, 3.63) is 170 Å². The largest absolute Gasteiger partial charge is 0.394 e. The molecule has 0 saturated carbocycles. The highest BCUT2D eigenvalue weighted by Crippen LogP contribution is 2.33. The number of aliphatic hydroxyl groups is 11. The molecule has 0 aromatic rings. The molecule has 17 atom stereocenters. The molecule has 19 nitrogen and oxygen atoms in total. The minimum absolute atomic E-state index is 0.208. The average molecular weight is 1670 g/mol. The van der Waals surface area contributed by atoms with Gasteiger partial charge in [0.15, 0.2) is 18.9 Å². The zero-order chi connectivity index (χ0) is 85.9. The van der Waals surface area contributed by atoms with Crippen molar-refractivity contribution in [2.24, 2.45) is 0 Å². The van der Waals surface area contributed by atoms with Crippen LogP contribution in [0.4, 0.5) is 0 Å². The highest BCUT2D eigenvalue weighted by atomic mass is 16.8. The molecule has 0 aromatic heterocycles. The summed E-state index contributed by atoms with van der Waals surface area (Å²) in [5.74, 6) is -0.305. The van der Waals surface area contributed by atoms with Crippen molar-refractivity contribution in [1.29, 1.82) is 0 Å². The van der Waals surface area contributed by atoms with Crippen LogP contribution in [0.2, 0.25) is 0 Å². The maximum absolute atomic E-state index is 13.5. The quantitative estimate of drug-likeness (QED) is 0.0199. The Bertz CT molecular complexity index is 2820. The summed E-state index contributed by atoms with van der Waals surface area (Å²) < 4.78 is 34.5. The van der Waals surface area contributed by atoms with Gasteiger partial charge in [-0.05, 0) is 128 Å². The molecule has 3 saturated heterocycles. The molecule has 3 rings (SSSR count). The molecule has 0 aromatic carbocycles. The van der Waals surface area contributed by atoms with E-state index in [1.165, 1.54) is 148 Å². The fourth-order valence-electron chi connectivity index (χ4n) is 14.6. The van der Waals surface area contributed by atoms with Crippen molar-refractivity contribution >= 4 is 5.91 Å². The van der Waals surface area contributed by atoms with E-state index in [4.69, 9.17) is 28.4 Å². The van der Waals surface area contributed by atoms with Crippen LogP contribution in [0.15, 0.2) is 170 Å². The molecule has 17 unspecified atom stereocenters. The Labute approximate surface area is 719 Å². The lowest BCUT2D eigenvalue weighted by atomic mass is 9.96. The monoisotopic (exact) mass is 1670 g/mol. The Morgan fingerprint density at radius 2 is 0.588 bits per heavy atom. The first-order chi connectivity index (χ1) is 58.3. The number of aliphatic hydroxyl groups excluding tert-OH is 11. The Morgan fingerprint density at radius 1 is 0.311 bits per heavy atom. The number of ether oxygens (including phenoxy) is 6. The number of amides is 1. The third kappa shape index (κ3) is 54.5. The molecule has 12 N–H and O–H groups in total.